The lowest BCUT2D eigenvalue weighted by atomic mass is 10.2. The second kappa shape index (κ2) is 8.27. The third-order valence-electron chi connectivity index (χ3n) is 3.60. The first-order valence-electron chi connectivity index (χ1n) is 7.70. The number of anilines is 2. The molecule has 0 fully saturated rings. The lowest BCUT2D eigenvalue weighted by Gasteiger charge is -2.24. The lowest BCUT2D eigenvalue weighted by molar-refractivity contribution is -0.137. The summed E-state index contributed by atoms with van der Waals surface area (Å²) in [5.74, 6) is -0.212. The lowest BCUT2D eigenvalue weighted by Crippen LogP contribution is -2.37. The van der Waals surface area contributed by atoms with Crippen LogP contribution in [0.2, 0.25) is 5.02 Å². The highest BCUT2D eigenvalue weighted by atomic mass is 35.5. The third-order valence-corrected chi connectivity index (χ3v) is 5.05. The molecule has 1 N–H and O–H groups in total. The van der Waals surface area contributed by atoms with Crippen LogP contribution in [0.1, 0.15) is 5.56 Å². The summed E-state index contributed by atoms with van der Waals surface area (Å²) in [5.41, 5.74) is -1.17. The number of methoxy groups -OCH3 is 1. The van der Waals surface area contributed by atoms with Crippen molar-refractivity contribution in [2.24, 2.45) is 0 Å². The van der Waals surface area contributed by atoms with Crippen molar-refractivity contribution in [2.45, 2.75) is 6.18 Å². The first kappa shape index (κ1) is 21.8. The summed E-state index contributed by atoms with van der Waals surface area (Å²) >= 11 is 5.91. The molecular formula is C17H16ClF3N2O4S. The van der Waals surface area contributed by atoms with Gasteiger partial charge in [-0.05, 0) is 42.5 Å². The van der Waals surface area contributed by atoms with E-state index >= 15 is 0 Å². The average molecular weight is 437 g/mol. The Morgan fingerprint density at radius 1 is 1.18 bits per heavy atom. The van der Waals surface area contributed by atoms with Gasteiger partial charge in [0.15, 0.2) is 0 Å². The summed E-state index contributed by atoms with van der Waals surface area (Å²) in [6.07, 6.45) is -3.93. The molecule has 2 rings (SSSR count). The molecule has 0 radical (unpaired) electrons. The van der Waals surface area contributed by atoms with Crippen LogP contribution in [0, 0.1) is 0 Å². The number of rotatable bonds is 6. The van der Waals surface area contributed by atoms with Crippen LogP contribution in [-0.2, 0) is 21.0 Å². The quantitative estimate of drug-likeness (QED) is 0.748. The van der Waals surface area contributed by atoms with Gasteiger partial charge in [0.05, 0.1) is 29.6 Å². The van der Waals surface area contributed by atoms with Gasteiger partial charge in [-0.25, -0.2) is 8.42 Å². The van der Waals surface area contributed by atoms with E-state index in [9.17, 15) is 26.4 Å². The van der Waals surface area contributed by atoms with Gasteiger partial charge >= 0.3 is 6.18 Å². The van der Waals surface area contributed by atoms with E-state index in [2.05, 4.69) is 5.32 Å². The molecule has 0 aromatic heterocycles. The van der Waals surface area contributed by atoms with Crippen molar-refractivity contribution in [3.8, 4) is 5.75 Å². The molecule has 0 atom stereocenters. The van der Waals surface area contributed by atoms with Gasteiger partial charge in [0.2, 0.25) is 15.9 Å². The highest BCUT2D eigenvalue weighted by Crippen LogP contribution is 2.36. The molecular weight excluding hydrogens is 421 g/mol. The van der Waals surface area contributed by atoms with Crippen molar-refractivity contribution in [3.63, 3.8) is 0 Å². The molecule has 6 nitrogen and oxygen atoms in total. The van der Waals surface area contributed by atoms with Crippen LogP contribution in [-0.4, -0.2) is 34.2 Å². The largest absolute Gasteiger partial charge is 0.497 e. The van der Waals surface area contributed by atoms with Crippen molar-refractivity contribution < 1.29 is 31.1 Å². The molecule has 0 aliphatic heterocycles. The van der Waals surface area contributed by atoms with Crippen molar-refractivity contribution in [1.29, 1.82) is 0 Å². The number of carbonyl (C=O) groups excluding carboxylic acids is 1. The highest BCUT2D eigenvalue weighted by molar-refractivity contribution is 7.92. The van der Waals surface area contributed by atoms with Crippen molar-refractivity contribution in [3.05, 3.63) is 53.1 Å². The van der Waals surface area contributed by atoms with Crippen LogP contribution >= 0.6 is 11.6 Å². The number of amides is 1. The van der Waals surface area contributed by atoms with Crippen LogP contribution in [0.25, 0.3) is 0 Å². The minimum atomic E-state index is -4.70. The Morgan fingerprint density at radius 3 is 2.29 bits per heavy atom. The van der Waals surface area contributed by atoms with Gasteiger partial charge in [-0.15, -0.1) is 0 Å². The van der Waals surface area contributed by atoms with Gasteiger partial charge in [0.25, 0.3) is 0 Å². The van der Waals surface area contributed by atoms with E-state index in [0.717, 1.165) is 18.4 Å². The molecule has 0 aliphatic rings. The molecule has 0 saturated carbocycles. The number of hydrogen-bond donors (Lipinski definition) is 1. The summed E-state index contributed by atoms with van der Waals surface area (Å²) < 4.78 is 68.6. The molecule has 0 heterocycles. The minimum absolute atomic E-state index is 0.240. The molecule has 0 aliphatic carbocycles. The predicted molar refractivity (Wildman–Crippen MR) is 100 cm³/mol. The van der Waals surface area contributed by atoms with Crippen LogP contribution in [0.4, 0.5) is 24.5 Å². The Morgan fingerprint density at radius 2 is 1.79 bits per heavy atom. The predicted octanol–water partition coefficient (Wildman–Crippen LogP) is 3.77. The van der Waals surface area contributed by atoms with Gasteiger partial charge < -0.3 is 10.1 Å². The standard InChI is InChI=1S/C17H16ClF3N2O4S/c1-27-13-6-4-12(5-7-13)22-16(24)10-23(28(2,25)26)15-9-11(17(19,20)21)3-8-14(15)18/h3-9H,10H2,1-2H3,(H,22,24). The molecule has 11 heteroatoms. The fourth-order valence-electron chi connectivity index (χ4n) is 2.27. The second-order valence-electron chi connectivity index (χ2n) is 5.71. The molecule has 2 aromatic rings. The Kier molecular flexibility index (Phi) is 6.45. The Balaban J connectivity index is 2.31. The molecule has 0 bridgehead atoms. The molecule has 28 heavy (non-hydrogen) atoms. The van der Waals surface area contributed by atoms with Gasteiger partial charge in [-0.1, -0.05) is 11.6 Å². The van der Waals surface area contributed by atoms with E-state index in [-0.39, 0.29) is 5.02 Å². The Labute approximate surface area is 164 Å². The number of halogens is 4. The van der Waals surface area contributed by atoms with Gasteiger partial charge in [-0.3, -0.25) is 9.10 Å². The number of ether oxygens (including phenoxy) is 1. The number of hydrogen-bond acceptors (Lipinski definition) is 4. The number of sulfonamides is 1. The Bertz CT molecular complexity index is 963. The van der Waals surface area contributed by atoms with Crippen LogP contribution < -0.4 is 14.4 Å². The third kappa shape index (κ3) is 5.52. The van der Waals surface area contributed by atoms with Crippen LogP contribution in [0.15, 0.2) is 42.5 Å². The van der Waals surface area contributed by atoms with Crippen molar-refractivity contribution in [1.82, 2.24) is 0 Å². The summed E-state index contributed by atoms with van der Waals surface area (Å²) in [6, 6.07) is 8.45. The Hall–Kier alpha value is -2.46. The molecule has 2 aromatic carbocycles. The van der Waals surface area contributed by atoms with E-state index in [4.69, 9.17) is 16.3 Å². The smallest absolute Gasteiger partial charge is 0.416 e. The maximum Gasteiger partial charge on any atom is 0.416 e. The topological polar surface area (TPSA) is 75.7 Å². The number of nitrogens with zero attached hydrogens (tertiary/aromatic N) is 1. The SMILES string of the molecule is COc1ccc(NC(=O)CN(c2cc(C(F)(F)F)ccc2Cl)S(C)(=O)=O)cc1. The van der Waals surface area contributed by atoms with Gasteiger partial charge in [-0.2, -0.15) is 13.2 Å². The zero-order valence-corrected chi connectivity index (χ0v) is 16.3. The fraction of sp³-hybridized carbons (Fsp3) is 0.235. The summed E-state index contributed by atoms with van der Waals surface area (Å²) in [4.78, 5) is 12.3. The molecule has 1 amide bonds. The zero-order chi connectivity index (χ0) is 21.1. The monoisotopic (exact) mass is 436 g/mol. The fourth-order valence-corrected chi connectivity index (χ4v) is 3.40. The first-order chi connectivity index (χ1) is 12.9. The minimum Gasteiger partial charge on any atom is -0.497 e. The van der Waals surface area contributed by atoms with E-state index in [1.165, 1.54) is 19.2 Å². The number of alkyl halides is 3. The van der Waals surface area contributed by atoms with Gasteiger partial charge in [0, 0.05) is 5.69 Å². The second-order valence-corrected chi connectivity index (χ2v) is 8.02. The normalized spacial score (nSPS) is 11.8. The molecule has 0 saturated heterocycles. The van der Waals surface area contributed by atoms with Crippen molar-refractivity contribution in [2.75, 3.05) is 29.5 Å². The number of nitrogens with one attached hydrogen (secondary N) is 1. The van der Waals surface area contributed by atoms with Crippen LogP contribution in [0.3, 0.4) is 0 Å². The van der Waals surface area contributed by atoms with Crippen molar-refractivity contribution >= 4 is 38.9 Å². The van der Waals surface area contributed by atoms with Gasteiger partial charge in [0.1, 0.15) is 12.3 Å². The summed E-state index contributed by atoms with van der Waals surface area (Å²) in [6.45, 7) is -0.758. The highest BCUT2D eigenvalue weighted by Gasteiger charge is 2.33. The first-order valence-corrected chi connectivity index (χ1v) is 9.93. The molecule has 152 valence electrons. The summed E-state index contributed by atoms with van der Waals surface area (Å²) in [5, 5.41) is 2.22. The van der Waals surface area contributed by atoms with E-state index in [0.29, 0.717) is 21.8 Å². The zero-order valence-electron chi connectivity index (χ0n) is 14.7. The van der Waals surface area contributed by atoms with Crippen LogP contribution in [0.5, 0.6) is 5.75 Å². The molecule has 0 unspecified atom stereocenters. The molecule has 0 spiro atoms. The maximum atomic E-state index is 13.0. The summed E-state index contributed by atoms with van der Waals surface area (Å²) in [7, 11) is -2.63. The average Bonchev–Trinajstić information content (AvgIpc) is 2.59. The maximum absolute atomic E-state index is 13.0. The van der Waals surface area contributed by atoms with E-state index in [1.807, 2.05) is 0 Å². The number of carbonyl (C=O) groups is 1. The van der Waals surface area contributed by atoms with E-state index < -0.39 is 39.9 Å². The number of benzene rings is 2. The van der Waals surface area contributed by atoms with E-state index in [1.54, 1.807) is 12.1 Å².